The van der Waals surface area contributed by atoms with Gasteiger partial charge in [-0.25, -0.2) is 19.6 Å². The molecule has 4 rings (SSSR count). The van der Waals surface area contributed by atoms with Gasteiger partial charge in [-0.15, -0.1) is 11.3 Å². The average Bonchev–Trinajstić information content (AvgIpc) is 3.40. The Labute approximate surface area is 231 Å². The summed E-state index contributed by atoms with van der Waals surface area (Å²) in [6.07, 6.45) is -1.65. The van der Waals surface area contributed by atoms with Crippen molar-refractivity contribution in [1.29, 1.82) is 0 Å². The second-order valence-corrected chi connectivity index (χ2v) is 9.48. The van der Waals surface area contributed by atoms with Gasteiger partial charge in [0, 0.05) is 60.4 Å². The van der Waals surface area contributed by atoms with Gasteiger partial charge in [-0.1, -0.05) is 6.07 Å². The lowest BCUT2D eigenvalue weighted by Crippen LogP contribution is -2.28. The van der Waals surface area contributed by atoms with Crippen LogP contribution in [0.3, 0.4) is 0 Å². The zero-order valence-electron chi connectivity index (χ0n) is 21.5. The number of fused-ring (bicyclic) bond motifs is 1. The molecule has 2 aromatic heterocycles. The largest absolute Gasteiger partial charge is 0.478 e. The number of carbonyl (C=O) groups is 2. The summed E-state index contributed by atoms with van der Waals surface area (Å²) < 4.78 is 50.8. The number of carboxylic acids is 1. The third-order valence-corrected chi connectivity index (χ3v) is 6.72. The van der Waals surface area contributed by atoms with Gasteiger partial charge in [-0.3, -0.25) is 5.32 Å². The topological polar surface area (TPSA) is 126 Å². The minimum atomic E-state index is -4.61. The van der Waals surface area contributed by atoms with Gasteiger partial charge in [0.25, 0.3) is 0 Å². The molecule has 40 heavy (non-hydrogen) atoms. The summed E-state index contributed by atoms with van der Waals surface area (Å²) >= 11 is 0.826. The first-order valence-electron chi connectivity index (χ1n) is 12.1. The molecule has 0 bridgehead atoms. The van der Waals surface area contributed by atoms with Crippen molar-refractivity contribution < 1.29 is 37.3 Å². The number of nitrogens with zero attached hydrogens (tertiary/aromatic N) is 3. The summed E-state index contributed by atoms with van der Waals surface area (Å²) in [5.41, 5.74) is 1.93. The van der Waals surface area contributed by atoms with Crippen molar-refractivity contribution >= 4 is 34.8 Å². The predicted octanol–water partition coefficient (Wildman–Crippen LogP) is 4.98. The van der Waals surface area contributed by atoms with Crippen LogP contribution in [0.2, 0.25) is 0 Å². The minimum Gasteiger partial charge on any atom is -0.478 e. The molecule has 1 aliphatic rings. The molecule has 0 unspecified atom stereocenters. The standard InChI is InChI=1S/C26H26F3N5O5S/c1-3-30-25(37)33-22-9-18(23-32-21(14-40-23)26(27,28)29)19(10-31-22)15-4-5-20-16(8-15)12-39-13-17(24(35)36)11-34(20)6-7-38-2/h4-5,8-11,14H,3,6-7,12-13H2,1-2H3,(H,35,36)(H2,30,31,33,37). The highest BCUT2D eigenvalue weighted by Gasteiger charge is 2.34. The van der Waals surface area contributed by atoms with Crippen molar-refractivity contribution in [3.63, 3.8) is 0 Å². The molecule has 0 saturated carbocycles. The lowest BCUT2D eigenvalue weighted by Gasteiger charge is -2.27. The summed E-state index contributed by atoms with van der Waals surface area (Å²) in [5.74, 6) is -0.957. The molecule has 3 heterocycles. The molecule has 0 saturated heterocycles. The van der Waals surface area contributed by atoms with Crippen molar-refractivity contribution in [3.8, 4) is 21.7 Å². The third-order valence-electron chi connectivity index (χ3n) is 5.85. The Balaban J connectivity index is 1.80. The number of ether oxygens (including phenoxy) is 2. The number of carboxylic acid groups (broad SMARTS) is 1. The number of pyridine rings is 1. The molecular formula is C26H26F3N5O5S. The minimum absolute atomic E-state index is 0.0803. The Bertz CT molecular complexity index is 1430. The number of benzene rings is 1. The van der Waals surface area contributed by atoms with Crippen LogP contribution in [-0.2, 0) is 27.1 Å². The second kappa shape index (κ2) is 12.4. The first kappa shape index (κ1) is 29.0. The van der Waals surface area contributed by atoms with E-state index in [0.717, 1.165) is 22.3 Å². The lowest BCUT2D eigenvalue weighted by atomic mass is 9.98. The molecule has 14 heteroatoms. The maximum atomic E-state index is 13.3. The van der Waals surface area contributed by atoms with Crippen LogP contribution in [0.5, 0.6) is 0 Å². The highest BCUT2D eigenvalue weighted by atomic mass is 32.1. The molecule has 0 radical (unpaired) electrons. The molecule has 0 atom stereocenters. The van der Waals surface area contributed by atoms with E-state index < -0.39 is 23.9 Å². The fraction of sp³-hybridized carbons (Fsp3) is 0.308. The van der Waals surface area contributed by atoms with Crippen LogP contribution >= 0.6 is 11.3 Å². The number of hydrogen-bond acceptors (Lipinski definition) is 8. The van der Waals surface area contributed by atoms with E-state index in [9.17, 15) is 27.9 Å². The Morgan fingerprint density at radius 2 is 2.02 bits per heavy atom. The first-order chi connectivity index (χ1) is 19.1. The number of nitrogens with one attached hydrogen (secondary N) is 2. The van der Waals surface area contributed by atoms with Crippen LogP contribution < -0.4 is 15.5 Å². The van der Waals surface area contributed by atoms with E-state index in [-0.39, 0.29) is 29.6 Å². The van der Waals surface area contributed by atoms with Crippen LogP contribution in [0.25, 0.3) is 21.7 Å². The number of amides is 2. The monoisotopic (exact) mass is 577 g/mol. The van der Waals surface area contributed by atoms with E-state index in [1.807, 2.05) is 6.07 Å². The number of anilines is 2. The maximum Gasteiger partial charge on any atom is 0.434 e. The number of aliphatic carboxylic acids is 1. The van der Waals surface area contributed by atoms with Crippen LogP contribution in [0, 0.1) is 0 Å². The molecule has 0 spiro atoms. The molecular weight excluding hydrogens is 551 g/mol. The Morgan fingerprint density at radius 1 is 1.23 bits per heavy atom. The van der Waals surface area contributed by atoms with E-state index in [0.29, 0.717) is 42.1 Å². The van der Waals surface area contributed by atoms with E-state index in [4.69, 9.17) is 9.47 Å². The molecule has 0 fully saturated rings. The van der Waals surface area contributed by atoms with E-state index >= 15 is 0 Å². The predicted molar refractivity (Wildman–Crippen MR) is 143 cm³/mol. The molecule has 1 aromatic carbocycles. The summed E-state index contributed by atoms with van der Waals surface area (Å²) in [5, 5.41) is 15.7. The SMILES string of the molecule is CCNC(=O)Nc1cc(-c2nc(C(F)(F)F)cs2)c(-c2ccc3c(c2)COCC(C(=O)O)=CN3CCOC)cn1. The number of halogens is 3. The zero-order chi connectivity index (χ0) is 28.9. The normalized spacial score (nSPS) is 13.6. The molecule has 1 aliphatic heterocycles. The van der Waals surface area contributed by atoms with Gasteiger partial charge in [0.05, 0.1) is 25.4 Å². The molecule has 10 nitrogen and oxygen atoms in total. The highest BCUT2D eigenvalue weighted by Crippen LogP contribution is 2.39. The van der Waals surface area contributed by atoms with Crippen LogP contribution in [0.1, 0.15) is 18.2 Å². The van der Waals surface area contributed by atoms with Crippen molar-refractivity contribution in [1.82, 2.24) is 15.3 Å². The molecule has 3 N–H and O–H groups in total. The summed E-state index contributed by atoms with van der Waals surface area (Å²) in [6.45, 7) is 2.81. The second-order valence-electron chi connectivity index (χ2n) is 8.62. The number of carbonyl (C=O) groups excluding carboxylic acids is 1. The number of urea groups is 1. The van der Waals surface area contributed by atoms with Crippen molar-refractivity contribution in [2.75, 3.05) is 43.6 Å². The van der Waals surface area contributed by atoms with Gasteiger partial charge in [0.2, 0.25) is 0 Å². The number of alkyl halides is 3. The molecule has 212 valence electrons. The van der Waals surface area contributed by atoms with Crippen LogP contribution in [0.15, 0.2) is 47.6 Å². The lowest BCUT2D eigenvalue weighted by molar-refractivity contribution is -0.140. The summed E-state index contributed by atoms with van der Waals surface area (Å²) in [7, 11) is 1.54. The van der Waals surface area contributed by atoms with Crippen molar-refractivity contribution in [2.45, 2.75) is 19.7 Å². The fourth-order valence-corrected chi connectivity index (χ4v) is 4.84. The Hall–Kier alpha value is -4.01. The van der Waals surface area contributed by atoms with Gasteiger partial charge in [-0.05, 0) is 30.7 Å². The summed E-state index contributed by atoms with van der Waals surface area (Å²) in [4.78, 5) is 33.6. The van der Waals surface area contributed by atoms with Gasteiger partial charge in [0.1, 0.15) is 10.8 Å². The first-order valence-corrected chi connectivity index (χ1v) is 13.0. The highest BCUT2D eigenvalue weighted by molar-refractivity contribution is 7.13. The number of methoxy groups -OCH3 is 1. The zero-order valence-corrected chi connectivity index (χ0v) is 22.4. The van der Waals surface area contributed by atoms with E-state index in [2.05, 4.69) is 20.6 Å². The van der Waals surface area contributed by atoms with Gasteiger partial charge < -0.3 is 24.8 Å². The quantitative estimate of drug-likeness (QED) is 0.342. The number of hydrogen-bond donors (Lipinski definition) is 3. The third kappa shape index (κ3) is 6.76. The Morgan fingerprint density at radius 3 is 2.70 bits per heavy atom. The number of aromatic nitrogens is 2. The van der Waals surface area contributed by atoms with E-state index in [1.165, 1.54) is 18.5 Å². The fourth-order valence-electron chi connectivity index (χ4n) is 3.99. The van der Waals surface area contributed by atoms with Crippen LogP contribution in [0.4, 0.5) is 29.5 Å². The number of rotatable bonds is 8. The molecule has 3 aromatic rings. The van der Waals surface area contributed by atoms with Gasteiger partial charge >= 0.3 is 18.2 Å². The Kier molecular flexibility index (Phi) is 9.02. The molecule has 0 aliphatic carbocycles. The maximum absolute atomic E-state index is 13.3. The van der Waals surface area contributed by atoms with Crippen molar-refractivity contribution in [3.05, 3.63) is 58.9 Å². The average molecular weight is 578 g/mol. The smallest absolute Gasteiger partial charge is 0.434 e. The van der Waals surface area contributed by atoms with E-state index in [1.54, 1.807) is 31.1 Å². The van der Waals surface area contributed by atoms with Gasteiger partial charge in [-0.2, -0.15) is 13.2 Å². The van der Waals surface area contributed by atoms with Crippen LogP contribution in [-0.4, -0.2) is 60.5 Å². The van der Waals surface area contributed by atoms with Crippen molar-refractivity contribution in [2.24, 2.45) is 0 Å². The number of thiazole rings is 1. The molecule has 2 amide bonds. The summed E-state index contributed by atoms with van der Waals surface area (Å²) in [6, 6.07) is 6.31. The van der Waals surface area contributed by atoms with Gasteiger partial charge in [0.15, 0.2) is 5.69 Å².